The Labute approximate surface area is 120 Å². The number of benzene rings is 1. The van der Waals surface area contributed by atoms with Gasteiger partial charge in [0.2, 0.25) is 0 Å². The maximum Gasteiger partial charge on any atom is 0.337 e. The fraction of sp³-hybridized carbons (Fsp3) is 0.562. The number of fused-ring (bicyclic) bond motifs is 2. The molecule has 20 heavy (non-hydrogen) atoms. The van der Waals surface area contributed by atoms with Crippen LogP contribution in [0.15, 0.2) is 18.2 Å². The molecule has 4 heteroatoms. The van der Waals surface area contributed by atoms with Crippen LogP contribution in [-0.4, -0.2) is 48.2 Å². The molecule has 2 bridgehead atoms. The maximum atomic E-state index is 11.4. The van der Waals surface area contributed by atoms with Gasteiger partial charge in [0, 0.05) is 25.2 Å². The average Bonchev–Trinajstić information content (AvgIpc) is 2.62. The summed E-state index contributed by atoms with van der Waals surface area (Å²) in [6, 6.07) is 6.86. The number of hydrogen-bond acceptors (Lipinski definition) is 3. The summed E-state index contributed by atoms with van der Waals surface area (Å²) in [6.07, 6.45) is 3.64. The van der Waals surface area contributed by atoms with E-state index in [2.05, 4.69) is 16.8 Å². The summed E-state index contributed by atoms with van der Waals surface area (Å²) in [4.78, 5) is 16.2. The molecule has 1 N–H and O–H groups in total. The molecule has 2 unspecified atom stereocenters. The van der Waals surface area contributed by atoms with Crippen LogP contribution in [0.4, 0.5) is 5.69 Å². The van der Waals surface area contributed by atoms with E-state index >= 15 is 0 Å². The molecule has 4 nitrogen and oxygen atoms in total. The number of carbonyl (C=O) groups is 1. The van der Waals surface area contributed by atoms with Gasteiger partial charge in [-0.25, -0.2) is 4.79 Å². The lowest BCUT2D eigenvalue weighted by molar-refractivity contribution is 0.0697. The first-order chi connectivity index (χ1) is 9.56. The molecule has 0 spiro atoms. The van der Waals surface area contributed by atoms with Gasteiger partial charge in [0.25, 0.3) is 0 Å². The topological polar surface area (TPSA) is 43.8 Å². The van der Waals surface area contributed by atoms with Gasteiger partial charge in [-0.05, 0) is 50.9 Å². The fourth-order valence-electron chi connectivity index (χ4n) is 3.61. The number of rotatable bonds is 2. The number of carboxylic acids is 1. The minimum absolute atomic E-state index is 0.427. The Balaban J connectivity index is 1.93. The van der Waals surface area contributed by atoms with Gasteiger partial charge in [-0.15, -0.1) is 0 Å². The van der Waals surface area contributed by atoms with E-state index in [1.54, 1.807) is 6.07 Å². The third kappa shape index (κ3) is 2.29. The van der Waals surface area contributed by atoms with E-state index in [0.717, 1.165) is 30.8 Å². The lowest BCUT2D eigenvalue weighted by Crippen LogP contribution is -2.37. The van der Waals surface area contributed by atoms with Crippen LogP contribution in [0.25, 0.3) is 0 Å². The van der Waals surface area contributed by atoms with E-state index in [1.807, 2.05) is 19.1 Å². The standard InChI is InChI=1S/C16H22N2O2/c1-11-3-6-14(16(19)20)15(9-11)18-8-7-12-4-5-13(10-18)17(12)2/h3,6,9,12-13H,4-5,7-8,10H2,1-2H3,(H,19,20). The zero-order chi connectivity index (χ0) is 14.3. The van der Waals surface area contributed by atoms with Crippen molar-refractivity contribution in [3.05, 3.63) is 29.3 Å². The Hall–Kier alpha value is -1.55. The van der Waals surface area contributed by atoms with Gasteiger partial charge >= 0.3 is 5.97 Å². The van der Waals surface area contributed by atoms with Gasteiger partial charge in [0.15, 0.2) is 0 Å². The van der Waals surface area contributed by atoms with Crippen molar-refractivity contribution in [2.24, 2.45) is 0 Å². The van der Waals surface area contributed by atoms with Gasteiger partial charge in [-0.1, -0.05) is 6.07 Å². The van der Waals surface area contributed by atoms with Crippen LogP contribution in [-0.2, 0) is 0 Å². The molecule has 2 atom stereocenters. The summed E-state index contributed by atoms with van der Waals surface area (Å²) in [5.41, 5.74) is 2.43. The molecule has 1 aromatic carbocycles. The third-order valence-electron chi connectivity index (χ3n) is 4.87. The van der Waals surface area contributed by atoms with Crippen molar-refractivity contribution in [1.29, 1.82) is 0 Å². The van der Waals surface area contributed by atoms with Gasteiger partial charge in [0.1, 0.15) is 0 Å². The van der Waals surface area contributed by atoms with Crippen LogP contribution >= 0.6 is 0 Å². The molecule has 2 aliphatic heterocycles. The van der Waals surface area contributed by atoms with Crippen LogP contribution < -0.4 is 4.90 Å². The highest BCUT2D eigenvalue weighted by atomic mass is 16.4. The van der Waals surface area contributed by atoms with E-state index in [4.69, 9.17) is 0 Å². The number of anilines is 1. The van der Waals surface area contributed by atoms with Crippen LogP contribution in [0, 0.1) is 6.92 Å². The lowest BCUT2D eigenvalue weighted by Gasteiger charge is -2.29. The van der Waals surface area contributed by atoms with E-state index < -0.39 is 5.97 Å². The van der Waals surface area contributed by atoms with Crippen LogP contribution in [0.1, 0.15) is 35.2 Å². The number of aryl methyl sites for hydroxylation is 1. The number of carboxylic acid groups (broad SMARTS) is 1. The first-order valence-corrected chi connectivity index (χ1v) is 7.37. The predicted octanol–water partition coefficient (Wildman–Crippen LogP) is 2.37. The SMILES string of the molecule is Cc1ccc(C(=O)O)c(N2CCC3CCC(C2)N3C)c1. The summed E-state index contributed by atoms with van der Waals surface area (Å²) in [7, 11) is 2.21. The summed E-state index contributed by atoms with van der Waals surface area (Å²) >= 11 is 0. The van der Waals surface area contributed by atoms with Crippen molar-refractivity contribution < 1.29 is 9.90 Å². The molecule has 0 aliphatic carbocycles. The van der Waals surface area contributed by atoms with Crippen molar-refractivity contribution in [3.63, 3.8) is 0 Å². The normalized spacial score (nSPS) is 26.6. The minimum Gasteiger partial charge on any atom is -0.478 e. The second-order valence-corrected chi connectivity index (χ2v) is 6.11. The zero-order valence-electron chi connectivity index (χ0n) is 12.2. The highest BCUT2D eigenvalue weighted by Gasteiger charge is 2.35. The molecule has 3 rings (SSSR count). The highest BCUT2D eigenvalue weighted by Crippen LogP contribution is 2.32. The van der Waals surface area contributed by atoms with Crippen LogP contribution in [0.3, 0.4) is 0 Å². The fourth-order valence-corrected chi connectivity index (χ4v) is 3.61. The van der Waals surface area contributed by atoms with Gasteiger partial charge in [0.05, 0.1) is 11.3 Å². The van der Waals surface area contributed by atoms with Crippen molar-refractivity contribution in [3.8, 4) is 0 Å². The number of hydrogen-bond donors (Lipinski definition) is 1. The van der Waals surface area contributed by atoms with Gasteiger partial charge < -0.3 is 10.0 Å². The molecule has 0 aromatic heterocycles. The Bertz CT molecular complexity index is 529. The van der Waals surface area contributed by atoms with Gasteiger partial charge in [-0.3, -0.25) is 4.90 Å². The summed E-state index contributed by atoms with van der Waals surface area (Å²) < 4.78 is 0. The van der Waals surface area contributed by atoms with E-state index in [1.165, 1.54) is 12.8 Å². The highest BCUT2D eigenvalue weighted by molar-refractivity contribution is 5.94. The zero-order valence-corrected chi connectivity index (χ0v) is 12.2. The smallest absolute Gasteiger partial charge is 0.337 e. The molecule has 1 aromatic rings. The second kappa shape index (κ2) is 5.09. The Morgan fingerprint density at radius 2 is 2.00 bits per heavy atom. The average molecular weight is 274 g/mol. The predicted molar refractivity (Wildman–Crippen MR) is 79.5 cm³/mol. The summed E-state index contributed by atoms with van der Waals surface area (Å²) in [5.74, 6) is -0.831. The molecule has 0 saturated carbocycles. The van der Waals surface area contributed by atoms with Crippen molar-refractivity contribution >= 4 is 11.7 Å². The Morgan fingerprint density at radius 1 is 1.25 bits per heavy atom. The quantitative estimate of drug-likeness (QED) is 0.899. The third-order valence-corrected chi connectivity index (χ3v) is 4.87. The van der Waals surface area contributed by atoms with Gasteiger partial charge in [-0.2, -0.15) is 0 Å². The van der Waals surface area contributed by atoms with E-state index in [9.17, 15) is 9.90 Å². The first kappa shape index (κ1) is 13.4. The molecule has 2 aliphatic rings. The number of aromatic carboxylic acids is 1. The molecular weight excluding hydrogens is 252 g/mol. The summed E-state index contributed by atoms with van der Waals surface area (Å²) in [6.45, 7) is 3.91. The maximum absolute atomic E-state index is 11.4. The minimum atomic E-state index is -0.831. The number of likely N-dealkylation sites (N-methyl/N-ethyl adjacent to an activating group) is 1. The summed E-state index contributed by atoms with van der Waals surface area (Å²) in [5, 5.41) is 9.40. The molecule has 2 fully saturated rings. The van der Waals surface area contributed by atoms with E-state index in [0.29, 0.717) is 17.6 Å². The lowest BCUT2D eigenvalue weighted by atomic mass is 10.0. The Kier molecular flexibility index (Phi) is 3.42. The molecule has 108 valence electrons. The molecule has 0 amide bonds. The van der Waals surface area contributed by atoms with Crippen molar-refractivity contribution in [1.82, 2.24) is 4.90 Å². The van der Waals surface area contributed by atoms with E-state index in [-0.39, 0.29) is 0 Å². The monoisotopic (exact) mass is 274 g/mol. The second-order valence-electron chi connectivity index (χ2n) is 6.11. The van der Waals surface area contributed by atoms with Crippen LogP contribution in [0.2, 0.25) is 0 Å². The first-order valence-electron chi connectivity index (χ1n) is 7.37. The van der Waals surface area contributed by atoms with Crippen molar-refractivity contribution in [2.45, 2.75) is 38.3 Å². The largest absolute Gasteiger partial charge is 0.478 e. The molecule has 2 heterocycles. The van der Waals surface area contributed by atoms with Crippen molar-refractivity contribution in [2.75, 3.05) is 25.0 Å². The molecular formula is C16H22N2O2. The number of nitrogens with zero attached hydrogens (tertiary/aromatic N) is 2. The Morgan fingerprint density at radius 3 is 2.75 bits per heavy atom. The molecule has 0 radical (unpaired) electrons. The van der Waals surface area contributed by atoms with Crippen LogP contribution in [0.5, 0.6) is 0 Å². The molecule has 2 saturated heterocycles.